The third kappa shape index (κ3) is 2.79. The first-order chi connectivity index (χ1) is 9.22. The van der Waals surface area contributed by atoms with Crippen LogP contribution >= 0.6 is 23.1 Å². The molecule has 19 heavy (non-hydrogen) atoms. The number of para-hydroxylation sites is 1. The van der Waals surface area contributed by atoms with Crippen molar-refractivity contribution in [1.82, 2.24) is 10.2 Å². The summed E-state index contributed by atoms with van der Waals surface area (Å²) in [5.41, 5.74) is 2.14. The molecule has 4 nitrogen and oxygen atoms in total. The average Bonchev–Trinajstić information content (AvgIpc) is 2.74. The van der Waals surface area contributed by atoms with E-state index in [1.165, 1.54) is 28.7 Å². The fraction of sp³-hybridized carbons (Fsp3) is 0.308. The third-order valence-electron chi connectivity index (χ3n) is 2.99. The van der Waals surface area contributed by atoms with Gasteiger partial charge in [0.25, 0.3) is 0 Å². The molecular formula is C13H13N3OS2. The molecule has 1 aliphatic heterocycles. The summed E-state index contributed by atoms with van der Waals surface area (Å²) in [4.78, 5) is 12.2. The molecule has 0 spiro atoms. The number of carbonyl (C=O) groups is 1. The van der Waals surface area contributed by atoms with Crippen molar-refractivity contribution >= 4 is 34.7 Å². The number of hydrogen-bond donors (Lipinski definition) is 1. The number of thioether (sulfide) groups is 1. The molecule has 0 saturated carbocycles. The van der Waals surface area contributed by atoms with Crippen molar-refractivity contribution in [2.24, 2.45) is 0 Å². The van der Waals surface area contributed by atoms with Crippen LogP contribution in [0.25, 0.3) is 0 Å². The first-order valence-electron chi connectivity index (χ1n) is 6.08. The van der Waals surface area contributed by atoms with E-state index in [4.69, 9.17) is 0 Å². The zero-order chi connectivity index (χ0) is 13.2. The second-order valence-corrected chi connectivity index (χ2v) is 7.01. The van der Waals surface area contributed by atoms with Gasteiger partial charge in [-0.2, -0.15) is 0 Å². The van der Waals surface area contributed by atoms with Gasteiger partial charge in [0.05, 0.1) is 5.25 Å². The van der Waals surface area contributed by atoms with Gasteiger partial charge < -0.3 is 5.32 Å². The van der Waals surface area contributed by atoms with Gasteiger partial charge in [-0.05, 0) is 31.4 Å². The summed E-state index contributed by atoms with van der Waals surface area (Å²) >= 11 is 3.05. The van der Waals surface area contributed by atoms with Gasteiger partial charge in [-0.15, -0.1) is 10.2 Å². The molecule has 1 atom stereocenters. The number of carbonyl (C=O) groups excluding carboxylic acids is 1. The van der Waals surface area contributed by atoms with Crippen LogP contribution in [-0.4, -0.2) is 21.4 Å². The van der Waals surface area contributed by atoms with Crippen LogP contribution in [0.1, 0.15) is 17.0 Å². The van der Waals surface area contributed by atoms with E-state index >= 15 is 0 Å². The molecule has 2 aromatic rings. The van der Waals surface area contributed by atoms with Crippen LogP contribution in [0.5, 0.6) is 0 Å². The topological polar surface area (TPSA) is 54.9 Å². The number of amides is 1. The molecule has 1 aliphatic rings. The maximum Gasteiger partial charge on any atom is 0.237 e. The molecule has 1 N–H and O–H groups in total. The molecule has 0 saturated heterocycles. The van der Waals surface area contributed by atoms with Crippen LogP contribution in [0.15, 0.2) is 28.6 Å². The summed E-state index contributed by atoms with van der Waals surface area (Å²) in [5, 5.41) is 11.9. The maximum atomic E-state index is 12.2. The quantitative estimate of drug-likeness (QED) is 0.924. The van der Waals surface area contributed by atoms with Crippen LogP contribution in [0.2, 0.25) is 0 Å². The number of hydrogen-bond acceptors (Lipinski definition) is 5. The van der Waals surface area contributed by atoms with E-state index in [0.717, 1.165) is 27.9 Å². The molecule has 0 radical (unpaired) electrons. The minimum absolute atomic E-state index is 0.0582. The molecule has 98 valence electrons. The first-order valence-corrected chi connectivity index (χ1v) is 7.77. The third-order valence-corrected chi connectivity index (χ3v) is 5.18. The van der Waals surface area contributed by atoms with Crippen molar-refractivity contribution in [3.05, 3.63) is 34.8 Å². The predicted octanol–water partition coefficient (Wildman–Crippen LogP) is 2.89. The highest BCUT2D eigenvalue weighted by Gasteiger charge is 2.25. The lowest BCUT2D eigenvalue weighted by Crippen LogP contribution is -2.23. The molecule has 6 heteroatoms. The largest absolute Gasteiger partial charge is 0.325 e. The molecule has 3 rings (SSSR count). The van der Waals surface area contributed by atoms with Crippen molar-refractivity contribution in [2.75, 3.05) is 5.32 Å². The Morgan fingerprint density at radius 3 is 3.00 bits per heavy atom. The van der Waals surface area contributed by atoms with Crippen molar-refractivity contribution in [2.45, 2.75) is 29.4 Å². The van der Waals surface area contributed by atoms with E-state index in [1.807, 2.05) is 25.1 Å². The summed E-state index contributed by atoms with van der Waals surface area (Å²) in [5.74, 6) is 0.0582. The predicted molar refractivity (Wildman–Crippen MR) is 77.7 cm³/mol. The van der Waals surface area contributed by atoms with Gasteiger partial charge in [-0.25, -0.2) is 0 Å². The molecule has 1 aromatic carbocycles. The van der Waals surface area contributed by atoms with Crippen LogP contribution in [0, 0.1) is 6.92 Å². The van der Waals surface area contributed by atoms with E-state index in [1.54, 1.807) is 0 Å². The number of nitrogens with zero attached hydrogens (tertiary/aromatic N) is 2. The van der Waals surface area contributed by atoms with Crippen molar-refractivity contribution < 1.29 is 4.79 Å². The standard InChI is InChI=1S/C13H13N3OS2/c1-8-15-16-13(18-8)19-11-7-6-9-4-2-3-5-10(9)14-12(11)17/h2-5,11H,6-7H2,1H3,(H,14,17)/t11-/m1/s1. The number of aryl methyl sites for hydroxylation is 2. The van der Waals surface area contributed by atoms with E-state index in [9.17, 15) is 4.79 Å². The van der Waals surface area contributed by atoms with Gasteiger partial charge in [0.1, 0.15) is 5.01 Å². The SMILES string of the molecule is Cc1nnc(S[C@@H]2CCc3ccccc3NC2=O)s1. The summed E-state index contributed by atoms with van der Waals surface area (Å²) in [6.07, 6.45) is 1.73. The molecule has 2 heterocycles. The molecule has 1 amide bonds. The lowest BCUT2D eigenvalue weighted by Gasteiger charge is -2.10. The number of nitrogens with one attached hydrogen (secondary N) is 1. The monoisotopic (exact) mass is 291 g/mol. The van der Waals surface area contributed by atoms with Gasteiger partial charge in [-0.3, -0.25) is 4.79 Å². The van der Waals surface area contributed by atoms with E-state index in [0.29, 0.717) is 0 Å². The van der Waals surface area contributed by atoms with Gasteiger partial charge >= 0.3 is 0 Å². The number of benzene rings is 1. The normalized spacial score (nSPS) is 18.6. The molecule has 0 unspecified atom stereocenters. The highest BCUT2D eigenvalue weighted by Crippen LogP contribution is 2.32. The zero-order valence-electron chi connectivity index (χ0n) is 10.4. The Balaban J connectivity index is 1.77. The summed E-state index contributed by atoms with van der Waals surface area (Å²) < 4.78 is 0.864. The summed E-state index contributed by atoms with van der Waals surface area (Å²) in [7, 11) is 0. The van der Waals surface area contributed by atoms with Crippen LogP contribution in [0.3, 0.4) is 0 Å². The van der Waals surface area contributed by atoms with Crippen molar-refractivity contribution in [3.8, 4) is 0 Å². The lowest BCUT2D eigenvalue weighted by atomic mass is 10.1. The number of rotatable bonds is 2. The smallest absolute Gasteiger partial charge is 0.237 e. The first kappa shape index (κ1) is 12.6. The zero-order valence-corrected chi connectivity index (χ0v) is 12.1. The van der Waals surface area contributed by atoms with Crippen LogP contribution in [-0.2, 0) is 11.2 Å². The summed E-state index contributed by atoms with van der Waals surface area (Å²) in [6.45, 7) is 1.92. The second-order valence-electron chi connectivity index (χ2n) is 4.38. The fourth-order valence-corrected chi connectivity index (χ4v) is 4.10. The molecule has 0 fully saturated rings. The minimum atomic E-state index is -0.0975. The Kier molecular flexibility index (Phi) is 3.52. The van der Waals surface area contributed by atoms with Crippen molar-refractivity contribution in [1.29, 1.82) is 0 Å². The van der Waals surface area contributed by atoms with E-state index in [2.05, 4.69) is 21.6 Å². The minimum Gasteiger partial charge on any atom is -0.325 e. The van der Waals surface area contributed by atoms with Gasteiger partial charge in [0.15, 0.2) is 4.34 Å². The van der Waals surface area contributed by atoms with Crippen LogP contribution in [0.4, 0.5) is 5.69 Å². The Morgan fingerprint density at radius 1 is 1.37 bits per heavy atom. The van der Waals surface area contributed by atoms with Gasteiger partial charge in [0, 0.05) is 5.69 Å². The van der Waals surface area contributed by atoms with E-state index < -0.39 is 0 Å². The second kappa shape index (κ2) is 5.30. The van der Waals surface area contributed by atoms with Gasteiger partial charge in [-0.1, -0.05) is 41.3 Å². The molecule has 0 bridgehead atoms. The lowest BCUT2D eigenvalue weighted by molar-refractivity contribution is -0.115. The Morgan fingerprint density at radius 2 is 2.21 bits per heavy atom. The van der Waals surface area contributed by atoms with Crippen molar-refractivity contribution in [3.63, 3.8) is 0 Å². The molecule has 0 aliphatic carbocycles. The Hall–Kier alpha value is -1.40. The Bertz CT molecular complexity index is 611. The number of aromatic nitrogens is 2. The van der Waals surface area contributed by atoms with E-state index in [-0.39, 0.29) is 11.2 Å². The molecular weight excluding hydrogens is 278 g/mol. The molecule has 1 aromatic heterocycles. The highest BCUT2D eigenvalue weighted by molar-refractivity contribution is 8.02. The highest BCUT2D eigenvalue weighted by atomic mass is 32.2. The fourth-order valence-electron chi connectivity index (χ4n) is 2.05. The number of anilines is 1. The van der Waals surface area contributed by atoms with Crippen LogP contribution < -0.4 is 5.32 Å². The van der Waals surface area contributed by atoms with Gasteiger partial charge in [0.2, 0.25) is 5.91 Å². The Labute approximate surface area is 119 Å². The summed E-state index contributed by atoms with van der Waals surface area (Å²) in [6, 6.07) is 7.97. The number of fused-ring (bicyclic) bond motifs is 1. The average molecular weight is 291 g/mol. The maximum absolute atomic E-state index is 12.2.